The van der Waals surface area contributed by atoms with E-state index in [4.69, 9.17) is 28.3 Å². The van der Waals surface area contributed by atoms with Crippen LogP contribution in [0.1, 0.15) is 30.7 Å². The zero-order chi connectivity index (χ0) is 15.9. The quantitative estimate of drug-likeness (QED) is 0.916. The van der Waals surface area contributed by atoms with Crippen LogP contribution in [0.2, 0.25) is 10.0 Å². The van der Waals surface area contributed by atoms with Crippen LogP contribution in [-0.4, -0.2) is 35.0 Å². The van der Waals surface area contributed by atoms with Gasteiger partial charge in [0.2, 0.25) is 5.91 Å². The number of carbonyl (C=O) groups is 2. The maximum atomic E-state index is 12.5. The largest absolute Gasteiger partial charge is 0.481 e. The molecule has 1 aliphatic carbocycles. The SMILES string of the molecule is O=C(O)[C@@H]1CCCN(C(=O)[C@H]2C[C@H]2c2ccc(Cl)c(Cl)c2)C1. The van der Waals surface area contributed by atoms with Crippen LogP contribution in [0, 0.1) is 11.8 Å². The van der Waals surface area contributed by atoms with Gasteiger partial charge in [-0.2, -0.15) is 0 Å². The summed E-state index contributed by atoms with van der Waals surface area (Å²) in [5, 5.41) is 10.1. The number of benzene rings is 1. The standard InChI is InChI=1S/C16H17Cl2NO3/c17-13-4-3-9(6-14(13)18)11-7-12(11)15(20)19-5-1-2-10(8-19)16(21)22/h3-4,6,10-12H,1-2,5,7-8H2,(H,21,22)/t10-,11+,12+/m1/s1. The molecule has 1 N–H and O–H groups in total. The van der Waals surface area contributed by atoms with Crippen molar-refractivity contribution in [2.75, 3.05) is 13.1 Å². The Morgan fingerprint density at radius 1 is 1.23 bits per heavy atom. The van der Waals surface area contributed by atoms with Crippen LogP contribution in [0.4, 0.5) is 0 Å². The molecule has 2 aliphatic rings. The summed E-state index contributed by atoms with van der Waals surface area (Å²) in [5.74, 6) is -1.05. The lowest BCUT2D eigenvalue weighted by atomic mass is 9.97. The molecule has 6 heteroatoms. The van der Waals surface area contributed by atoms with E-state index in [1.807, 2.05) is 12.1 Å². The van der Waals surface area contributed by atoms with Gasteiger partial charge in [0, 0.05) is 19.0 Å². The fraction of sp³-hybridized carbons (Fsp3) is 0.500. The molecular formula is C16H17Cl2NO3. The molecule has 1 aliphatic heterocycles. The number of carboxylic acids is 1. The predicted octanol–water partition coefficient (Wildman–Crippen LogP) is 3.42. The molecule has 3 atom stereocenters. The second-order valence-corrected chi connectivity index (χ2v) is 6.90. The van der Waals surface area contributed by atoms with Gasteiger partial charge >= 0.3 is 5.97 Å². The van der Waals surface area contributed by atoms with Crippen molar-refractivity contribution in [1.82, 2.24) is 4.90 Å². The molecule has 1 saturated heterocycles. The summed E-state index contributed by atoms with van der Waals surface area (Å²) in [6.45, 7) is 0.992. The van der Waals surface area contributed by atoms with Gasteiger partial charge in [-0.3, -0.25) is 9.59 Å². The van der Waals surface area contributed by atoms with Crippen molar-refractivity contribution in [1.29, 1.82) is 0 Å². The van der Waals surface area contributed by atoms with Gasteiger partial charge in [0.15, 0.2) is 0 Å². The molecule has 118 valence electrons. The number of amides is 1. The minimum absolute atomic E-state index is 0.0511. The van der Waals surface area contributed by atoms with E-state index in [1.165, 1.54) is 0 Å². The topological polar surface area (TPSA) is 57.6 Å². The number of carboxylic acid groups (broad SMARTS) is 1. The van der Waals surface area contributed by atoms with E-state index < -0.39 is 11.9 Å². The Labute approximate surface area is 139 Å². The highest BCUT2D eigenvalue weighted by Gasteiger charge is 2.46. The zero-order valence-electron chi connectivity index (χ0n) is 12.0. The lowest BCUT2D eigenvalue weighted by Gasteiger charge is -2.31. The first-order valence-electron chi connectivity index (χ1n) is 7.44. The number of hydrogen-bond acceptors (Lipinski definition) is 2. The predicted molar refractivity (Wildman–Crippen MR) is 84.2 cm³/mol. The average Bonchev–Trinajstić information content (AvgIpc) is 3.30. The van der Waals surface area contributed by atoms with Crippen LogP contribution in [0.15, 0.2) is 18.2 Å². The number of halogens is 2. The zero-order valence-corrected chi connectivity index (χ0v) is 13.5. The van der Waals surface area contributed by atoms with E-state index in [0.29, 0.717) is 29.6 Å². The van der Waals surface area contributed by atoms with Crippen LogP contribution in [-0.2, 0) is 9.59 Å². The summed E-state index contributed by atoms with van der Waals surface area (Å²) in [4.78, 5) is 25.3. The van der Waals surface area contributed by atoms with Gasteiger partial charge in [-0.15, -0.1) is 0 Å². The first-order valence-corrected chi connectivity index (χ1v) is 8.19. The van der Waals surface area contributed by atoms with Crippen LogP contribution in [0.3, 0.4) is 0 Å². The summed E-state index contributed by atoms with van der Waals surface area (Å²) < 4.78 is 0. The third kappa shape index (κ3) is 3.08. The lowest BCUT2D eigenvalue weighted by molar-refractivity contribution is -0.146. The van der Waals surface area contributed by atoms with Gasteiger partial charge in [0.25, 0.3) is 0 Å². The number of aliphatic carboxylic acids is 1. The minimum Gasteiger partial charge on any atom is -0.481 e. The Morgan fingerprint density at radius 3 is 2.68 bits per heavy atom. The maximum Gasteiger partial charge on any atom is 0.308 e. The van der Waals surface area contributed by atoms with E-state index in [2.05, 4.69) is 0 Å². The summed E-state index contributed by atoms with van der Waals surface area (Å²) in [6.07, 6.45) is 2.21. The van der Waals surface area contributed by atoms with Crippen molar-refractivity contribution in [2.45, 2.75) is 25.2 Å². The van der Waals surface area contributed by atoms with Crippen LogP contribution in [0.5, 0.6) is 0 Å². The first-order chi connectivity index (χ1) is 10.5. The highest BCUT2D eigenvalue weighted by atomic mass is 35.5. The molecule has 0 bridgehead atoms. The molecule has 1 aromatic carbocycles. The molecule has 1 heterocycles. The fourth-order valence-electron chi connectivity index (χ4n) is 3.19. The molecule has 1 amide bonds. The number of likely N-dealkylation sites (tertiary alicyclic amines) is 1. The summed E-state index contributed by atoms with van der Waals surface area (Å²) in [7, 11) is 0. The van der Waals surface area contributed by atoms with E-state index in [9.17, 15) is 9.59 Å². The Balaban J connectivity index is 1.65. The van der Waals surface area contributed by atoms with Crippen molar-refractivity contribution in [2.24, 2.45) is 11.8 Å². The van der Waals surface area contributed by atoms with Gasteiger partial charge in [-0.25, -0.2) is 0 Å². The molecule has 4 nitrogen and oxygen atoms in total. The second-order valence-electron chi connectivity index (χ2n) is 6.08. The molecular weight excluding hydrogens is 325 g/mol. The van der Waals surface area contributed by atoms with Crippen molar-refractivity contribution >= 4 is 35.1 Å². The van der Waals surface area contributed by atoms with Gasteiger partial charge in [-0.05, 0) is 42.9 Å². The van der Waals surface area contributed by atoms with Crippen molar-refractivity contribution < 1.29 is 14.7 Å². The molecule has 0 radical (unpaired) electrons. The van der Waals surface area contributed by atoms with Crippen LogP contribution >= 0.6 is 23.2 Å². The summed E-state index contributed by atoms with van der Waals surface area (Å²) >= 11 is 11.9. The third-order valence-corrected chi connectivity index (χ3v) is 5.30. The Bertz CT molecular complexity index is 619. The summed E-state index contributed by atoms with van der Waals surface area (Å²) in [6, 6.07) is 5.47. The lowest BCUT2D eigenvalue weighted by Crippen LogP contribution is -2.43. The molecule has 3 rings (SSSR count). The van der Waals surface area contributed by atoms with Gasteiger partial charge in [-0.1, -0.05) is 29.3 Å². The average molecular weight is 342 g/mol. The molecule has 2 fully saturated rings. The molecule has 0 aromatic heterocycles. The van der Waals surface area contributed by atoms with E-state index in [-0.39, 0.29) is 17.7 Å². The molecule has 1 aromatic rings. The number of hydrogen-bond donors (Lipinski definition) is 1. The summed E-state index contributed by atoms with van der Waals surface area (Å²) in [5.41, 5.74) is 1.03. The molecule has 1 saturated carbocycles. The molecule has 22 heavy (non-hydrogen) atoms. The fourth-order valence-corrected chi connectivity index (χ4v) is 3.50. The Morgan fingerprint density at radius 2 is 2.00 bits per heavy atom. The smallest absolute Gasteiger partial charge is 0.308 e. The highest BCUT2D eigenvalue weighted by molar-refractivity contribution is 6.42. The van der Waals surface area contributed by atoms with Crippen molar-refractivity contribution in [3.8, 4) is 0 Å². The van der Waals surface area contributed by atoms with Gasteiger partial charge < -0.3 is 10.0 Å². The van der Waals surface area contributed by atoms with Gasteiger partial charge in [0.05, 0.1) is 16.0 Å². The number of nitrogens with zero attached hydrogens (tertiary/aromatic N) is 1. The monoisotopic (exact) mass is 341 g/mol. The van der Waals surface area contributed by atoms with E-state index in [0.717, 1.165) is 18.4 Å². The number of rotatable bonds is 3. The third-order valence-electron chi connectivity index (χ3n) is 4.56. The maximum absolute atomic E-state index is 12.5. The van der Waals surface area contributed by atoms with Crippen molar-refractivity contribution in [3.63, 3.8) is 0 Å². The van der Waals surface area contributed by atoms with E-state index >= 15 is 0 Å². The van der Waals surface area contributed by atoms with Crippen LogP contribution in [0.25, 0.3) is 0 Å². The normalized spacial score (nSPS) is 27.5. The minimum atomic E-state index is -0.811. The second kappa shape index (κ2) is 6.09. The number of piperidine rings is 1. The van der Waals surface area contributed by atoms with Gasteiger partial charge in [0.1, 0.15) is 0 Å². The highest BCUT2D eigenvalue weighted by Crippen LogP contribution is 2.49. The molecule has 0 spiro atoms. The van der Waals surface area contributed by atoms with E-state index in [1.54, 1.807) is 11.0 Å². The number of carbonyl (C=O) groups excluding carboxylic acids is 1. The first kappa shape index (κ1) is 15.6. The molecule has 0 unspecified atom stereocenters. The Hall–Kier alpha value is -1.26. The Kier molecular flexibility index (Phi) is 4.33. The van der Waals surface area contributed by atoms with Crippen LogP contribution < -0.4 is 0 Å². The van der Waals surface area contributed by atoms with Crippen molar-refractivity contribution in [3.05, 3.63) is 33.8 Å².